The number of aromatic nitrogens is 3. The molecule has 0 bridgehead atoms. The van der Waals surface area contributed by atoms with Crippen molar-refractivity contribution in [3.8, 4) is 17.0 Å². The van der Waals surface area contributed by atoms with Gasteiger partial charge in [0.05, 0.1) is 12.1 Å². The van der Waals surface area contributed by atoms with Crippen molar-refractivity contribution in [3.63, 3.8) is 0 Å². The zero-order valence-corrected chi connectivity index (χ0v) is 14.5. The van der Waals surface area contributed by atoms with Gasteiger partial charge in [-0.3, -0.25) is 5.10 Å². The normalized spacial score (nSPS) is 16.8. The molecule has 2 aromatic heterocycles. The van der Waals surface area contributed by atoms with Crippen molar-refractivity contribution >= 4 is 16.7 Å². The highest BCUT2D eigenvalue weighted by atomic mass is 19.3. The van der Waals surface area contributed by atoms with Crippen LogP contribution in [0.25, 0.3) is 22.2 Å². The maximum atomic E-state index is 13.4. The lowest BCUT2D eigenvalue weighted by atomic mass is 10.1. The summed E-state index contributed by atoms with van der Waals surface area (Å²) in [5, 5.41) is 8.41. The van der Waals surface area contributed by atoms with Crippen molar-refractivity contribution in [2.45, 2.75) is 25.7 Å². The van der Waals surface area contributed by atoms with E-state index >= 15 is 0 Å². The Hall–Kier alpha value is -2.70. The summed E-state index contributed by atoms with van der Waals surface area (Å²) in [6, 6.07) is 9.59. The molecule has 1 aliphatic heterocycles. The predicted octanol–water partition coefficient (Wildman–Crippen LogP) is 4.26. The van der Waals surface area contributed by atoms with E-state index in [9.17, 15) is 8.78 Å². The number of ether oxygens (including phenoxy) is 1. The predicted molar refractivity (Wildman–Crippen MR) is 96.9 cm³/mol. The van der Waals surface area contributed by atoms with Crippen LogP contribution in [0.1, 0.15) is 19.8 Å². The first-order valence-corrected chi connectivity index (χ1v) is 8.76. The second kappa shape index (κ2) is 6.55. The smallest absolute Gasteiger partial charge is 0.251 e. The van der Waals surface area contributed by atoms with Crippen LogP contribution in [0.3, 0.4) is 0 Å². The highest BCUT2D eigenvalue weighted by molar-refractivity contribution is 5.94. The Bertz CT molecular complexity index is 915. The molecule has 0 spiro atoms. The first-order valence-electron chi connectivity index (χ1n) is 8.76. The number of fused-ring (bicyclic) bond motifs is 1. The molecule has 1 aliphatic rings. The molecule has 4 rings (SSSR count). The van der Waals surface area contributed by atoms with Gasteiger partial charge in [-0.1, -0.05) is 0 Å². The number of hydrogen-bond acceptors (Lipinski definition) is 4. The van der Waals surface area contributed by atoms with Gasteiger partial charge in [0.1, 0.15) is 17.3 Å². The fourth-order valence-electron chi connectivity index (χ4n) is 3.27. The number of rotatable bonds is 4. The fourth-order valence-corrected chi connectivity index (χ4v) is 3.27. The number of nitrogens with one attached hydrogen (secondary N) is 1. The summed E-state index contributed by atoms with van der Waals surface area (Å²) >= 11 is 0. The maximum Gasteiger partial charge on any atom is 0.251 e. The Morgan fingerprint density at radius 2 is 2.00 bits per heavy atom. The van der Waals surface area contributed by atoms with E-state index in [1.807, 2.05) is 42.2 Å². The first kappa shape index (κ1) is 16.8. The van der Waals surface area contributed by atoms with E-state index in [-0.39, 0.29) is 12.8 Å². The van der Waals surface area contributed by atoms with E-state index in [4.69, 9.17) is 4.74 Å². The molecule has 1 fully saturated rings. The van der Waals surface area contributed by atoms with Gasteiger partial charge in [-0.15, -0.1) is 0 Å². The third-order valence-electron chi connectivity index (χ3n) is 4.68. The molecule has 0 amide bonds. The average molecular weight is 358 g/mol. The molecular formula is C19H20F2N4O. The monoisotopic (exact) mass is 358 g/mol. The Balaban J connectivity index is 1.66. The molecule has 0 aliphatic carbocycles. The molecule has 1 N–H and O–H groups in total. The molecule has 0 saturated carbocycles. The number of pyridine rings is 1. The lowest BCUT2D eigenvalue weighted by Gasteiger charge is -2.32. The van der Waals surface area contributed by atoms with E-state index in [0.29, 0.717) is 25.5 Å². The van der Waals surface area contributed by atoms with E-state index in [2.05, 4.69) is 15.2 Å². The molecule has 0 unspecified atom stereocenters. The van der Waals surface area contributed by atoms with Gasteiger partial charge in [0.2, 0.25) is 0 Å². The Morgan fingerprint density at radius 1 is 1.19 bits per heavy atom. The van der Waals surface area contributed by atoms with Crippen LogP contribution in [0, 0.1) is 0 Å². The fraction of sp³-hybridized carbons (Fsp3) is 0.368. The van der Waals surface area contributed by atoms with Crippen LogP contribution in [0.5, 0.6) is 5.75 Å². The van der Waals surface area contributed by atoms with Crippen LogP contribution in [0.15, 0.2) is 36.5 Å². The summed E-state index contributed by atoms with van der Waals surface area (Å²) in [5.74, 6) is -1.08. The highest BCUT2D eigenvalue weighted by Gasteiger charge is 2.34. The highest BCUT2D eigenvalue weighted by Crippen LogP contribution is 2.33. The molecule has 3 heterocycles. The molecular weight excluding hydrogens is 338 g/mol. The summed E-state index contributed by atoms with van der Waals surface area (Å²) in [6.45, 7) is 3.15. The lowest BCUT2D eigenvalue weighted by Crippen LogP contribution is -2.39. The lowest BCUT2D eigenvalue weighted by molar-refractivity contribution is -0.0221. The van der Waals surface area contributed by atoms with Gasteiger partial charge >= 0.3 is 0 Å². The maximum absolute atomic E-state index is 13.4. The van der Waals surface area contributed by atoms with Crippen LogP contribution < -0.4 is 9.64 Å². The minimum atomic E-state index is -2.57. The number of anilines is 1. The Labute approximate surface area is 150 Å². The van der Waals surface area contributed by atoms with Gasteiger partial charge in [0, 0.05) is 43.1 Å². The van der Waals surface area contributed by atoms with Crippen LogP contribution in [0.2, 0.25) is 0 Å². The number of piperidine rings is 1. The number of benzene rings is 1. The van der Waals surface area contributed by atoms with Crippen LogP contribution in [-0.4, -0.2) is 40.8 Å². The Kier molecular flexibility index (Phi) is 4.22. The molecule has 26 heavy (non-hydrogen) atoms. The largest absolute Gasteiger partial charge is 0.494 e. The number of H-pyrrole nitrogens is 1. The van der Waals surface area contributed by atoms with Crippen LogP contribution >= 0.6 is 0 Å². The van der Waals surface area contributed by atoms with Crippen molar-refractivity contribution in [3.05, 3.63) is 36.5 Å². The summed E-state index contributed by atoms with van der Waals surface area (Å²) < 4.78 is 32.4. The van der Waals surface area contributed by atoms with Gasteiger partial charge in [0.25, 0.3) is 5.92 Å². The SMILES string of the molecule is CCOc1ccc2[nH]nc(-c3ccnc(N4CCC(F)(F)CC4)c3)c2c1. The Morgan fingerprint density at radius 3 is 2.77 bits per heavy atom. The summed E-state index contributed by atoms with van der Waals surface area (Å²) in [7, 11) is 0. The van der Waals surface area contributed by atoms with Crippen molar-refractivity contribution in [1.82, 2.24) is 15.2 Å². The van der Waals surface area contributed by atoms with Crippen molar-refractivity contribution in [1.29, 1.82) is 0 Å². The summed E-state index contributed by atoms with van der Waals surface area (Å²) in [6.07, 6.45) is 1.42. The molecule has 0 atom stereocenters. The number of hydrogen-bond donors (Lipinski definition) is 1. The molecule has 7 heteroatoms. The van der Waals surface area contributed by atoms with Crippen molar-refractivity contribution < 1.29 is 13.5 Å². The molecule has 3 aromatic rings. The molecule has 0 radical (unpaired) electrons. The standard InChI is InChI=1S/C19H20F2N4O/c1-2-26-14-3-4-16-15(12-14)18(24-23-16)13-5-8-22-17(11-13)25-9-6-19(20,21)7-10-25/h3-5,8,11-12H,2,6-7,9-10H2,1H3,(H,23,24). The van der Waals surface area contributed by atoms with Crippen LogP contribution in [0.4, 0.5) is 14.6 Å². The number of alkyl halides is 2. The number of halogens is 2. The zero-order valence-electron chi connectivity index (χ0n) is 14.5. The average Bonchev–Trinajstić information content (AvgIpc) is 3.05. The molecule has 136 valence electrons. The van der Waals surface area contributed by atoms with Gasteiger partial charge < -0.3 is 9.64 Å². The topological polar surface area (TPSA) is 54.0 Å². The minimum Gasteiger partial charge on any atom is -0.494 e. The van der Waals surface area contributed by atoms with Gasteiger partial charge in [-0.2, -0.15) is 5.10 Å². The van der Waals surface area contributed by atoms with E-state index in [0.717, 1.165) is 27.9 Å². The van der Waals surface area contributed by atoms with Gasteiger partial charge in [-0.05, 0) is 37.3 Å². The minimum absolute atomic E-state index is 0.137. The zero-order chi connectivity index (χ0) is 18.1. The number of nitrogens with zero attached hydrogens (tertiary/aromatic N) is 3. The summed E-state index contributed by atoms with van der Waals surface area (Å²) in [4.78, 5) is 6.27. The van der Waals surface area contributed by atoms with E-state index in [1.54, 1.807) is 6.20 Å². The summed E-state index contributed by atoms with van der Waals surface area (Å²) in [5.41, 5.74) is 2.61. The molecule has 5 nitrogen and oxygen atoms in total. The first-order chi connectivity index (χ1) is 12.6. The van der Waals surface area contributed by atoms with Crippen molar-refractivity contribution in [2.24, 2.45) is 0 Å². The number of aromatic amines is 1. The van der Waals surface area contributed by atoms with E-state index in [1.165, 1.54) is 0 Å². The second-order valence-electron chi connectivity index (χ2n) is 6.46. The van der Waals surface area contributed by atoms with Crippen molar-refractivity contribution in [2.75, 3.05) is 24.6 Å². The molecule has 1 saturated heterocycles. The van der Waals surface area contributed by atoms with Gasteiger partial charge in [-0.25, -0.2) is 13.8 Å². The second-order valence-corrected chi connectivity index (χ2v) is 6.46. The third-order valence-corrected chi connectivity index (χ3v) is 4.68. The van der Waals surface area contributed by atoms with Crippen LogP contribution in [-0.2, 0) is 0 Å². The van der Waals surface area contributed by atoms with Gasteiger partial charge in [0.15, 0.2) is 0 Å². The van der Waals surface area contributed by atoms with E-state index < -0.39 is 5.92 Å². The molecule has 1 aromatic carbocycles. The third kappa shape index (κ3) is 3.21. The quantitative estimate of drug-likeness (QED) is 0.757.